The van der Waals surface area contributed by atoms with E-state index in [1.165, 1.54) is 21.1 Å². The van der Waals surface area contributed by atoms with Crippen molar-refractivity contribution in [3.63, 3.8) is 0 Å². The number of halogens is 1. The molecule has 1 aromatic rings. The largest absolute Gasteiger partial charge is 0.364 e. The fourth-order valence-corrected chi connectivity index (χ4v) is 3.79. The van der Waals surface area contributed by atoms with Crippen LogP contribution in [0.3, 0.4) is 0 Å². The Labute approximate surface area is 124 Å². The van der Waals surface area contributed by atoms with Crippen LogP contribution in [0.2, 0.25) is 0 Å². The number of nitrogens with one attached hydrogen (secondary N) is 1. The second kappa shape index (κ2) is 6.13. The maximum atomic E-state index is 12.5. The summed E-state index contributed by atoms with van der Waals surface area (Å²) in [6.45, 7) is 3.40. The third kappa shape index (κ3) is 3.14. The van der Waals surface area contributed by atoms with Crippen molar-refractivity contribution in [1.29, 1.82) is 0 Å². The molecule has 2 rings (SSSR count). The minimum Gasteiger partial charge on any atom is -0.364 e. The highest BCUT2D eigenvalue weighted by molar-refractivity contribution is 7.89. The topological polar surface area (TPSA) is 97.4 Å². The summed E-state index contributed by atoms with van der Waals surface area (Å²) in [6, 6.07) is 1.44. The monoisotopic (exact) mass is 322 g/mol. The van der Waals surface area contributed by atoms with E-state index in [2.05, 4.69) is 5.32 Å². The number of aromatic nitrogens is 1. The van der Waals surface area contributed by atoms with Gasteiger partial charge in [0.25, 0.3) is 5.91 Å². The summed E-state index contributed by atoms with van der Waals surface area (Å²) in [4.78, 5) is 11.3. The number of sulfonamides is 1. The number of hydrogen-bond donors (Lipinski definition) is 2. The molecule has 1 amide bonds. The van der Waals surface area contributed by atoms with E-state index in [0.717, 1.165) is 0 Å². The summed E-state index contributed by atoms with van der Waals surface area (Å²) >= 11 is 0. The average Bonchev–Trinajstić information content (AvgIpc) is 2.72. The lowest BCUT2D eigenvalue weighted by Gasteiger charge is -2.30. The van der Waals surface area contributed by atoms with E-state index >= 15 is 0 Å². The second-order valence-corrected chi connectivity index (χ2v) is 6.69. The van der Waals surface area contributed by atoms with Gasteiger partial charge >= 0.3 is 0 Å². The Bertz CT molecular complexity index is 599. The van der Waals surface area contributed by atoms with Crippen molar-refractivity contribution in [3.8, 4) is 0 Å². The molecule has 2 heterocycles. The van der Waals surface area contributed by atoms with Crippen LogP contribution in [0.5, 0.6) is 0 Å². The van der Waals surface area contributed by atoms with Crippen LogP contribution in [0.1, 0.15) is 17.4 Å². The van der Waals surface area contributed by atoms with Crippen molar-refractivity contribution in [3.05, 3.63) is 18.0 Å². The van der Waals surface area contributed by atoms with Gasteiger partial charge in [0.05, 0.1) is 0 Å². The van der Waals surface area contributed by atoms with E-state index in [1.54, 1.807) is 7.05 Å². The van der Waals surface area contributed by atoms with Gasteiger partial charge in [0.2, 0.25) is 10.0 Å². The second-order valence-electron chi connectivity index (χ2n) is 4.75. The molecule has 0 saturated carbocycles. The Hall–Kier alpha value is -1.09. The number of hydrogen-bond acceptors (Lipinski definition) is 4. The standard InChI is InChI=1S/C11H18N4O3S.ClH/c1-8-6-15(4-3-13-8)19(17,18)9-5-10(11(12)16)14(2)7-9;/h5,7-8,13H,3-4,6H2,1-2H3,(H2,12,16);1H/t8-;/m1./s1. The normalized spacial score (nSPS) is 20.4. The van der Waals surface area contributed by atoms with Gasteiger partial charge in [0.15, 0.2) is 0 Å². The summed E-state index contributed by atoms with van der Waals surface area (Å²) in [5.74, 6) is -0.641. The molecule has 3 N–H and O–H groups in total. The van der Waals surface area contributed by atoms with Gasteiger partial charge in [0, 0.05) is 38.9 Å². The molecular weight excluding hydrogens is 304 g/mol. The third-order valence-electron chi connectivity index (χ3n) is 3.20. The van der Waals surface area contributed by atoms with Crippen molar-refractivity contribution < 1.29 is 13.2 Å². The highest BCUT2D eigenvalue weighted by Crippen LogP contribution is 2.19. The molecule has 1 saturated heterocycles. The number of nitrogens with zero attached hydrogens (tertiary/aromatic N) is 2. The maximum Gasteiger partial charge on any atom is 0.265 e. The zero-order valence-electron chi connectivity index (χ0n) is 11.4. The van der Waals surface area contributed by atoms with Crippen LogP contribution in [0.15, 0.2) is 17.2 Å². The van der Waals surface area contributed by atoms with Crippen LogP contribution >= 0.6 is 12.4 Å². The number of aryl methyl sites for hydroxylation is 1. The Kier molecular flexibility index (Phi) is 5.20. The molecule has 0 bridgehead atoms. The van der Waals surface area contributed by atoms with Gasteiger partial charge in [-0.3, -0.25) is 4.79 Å². The van der Waals surface area contributed by atoms with Gasteiger partial charge < -0.3 is 15.6 Å². The number of amides is 1. The lowest BCUT2D eigenvalue weighted by molar-refractivity contribution is 0.0992. The van der Waals surface area contributed by atoms with Crippen LogP contribution in [0.25, 0.3) is 0 Å². The van der Waals surface area contributed by atoms with Crippen molar-refractivity contribution in [2.24, 2.45) is 12.8 Å². The number of nitrogens with two attached hydrogens (primary N) is 1. The number of carbonyl (C=O) groups excluding carboxylic acids is 1. The molecule has 114 valence electrons. The summed E-state index contributed by atoms with van der Waals surface area (Å²) in [6.07, 6.45) is 1.42. The zero-order valence-corrected chi connectivity index (χ0v) is 13.0. The molecule has 9 heteroatoms. The molecule has 7 nitrogen and oxygen atoms in total. The van der Waals surface area contributed by atoms with Gasteiger partial charge in [-0.15, -0.1) is 12.4 Å². The lowest BCUT2D eigenvalue weighted by atomic mass is 10.3. The number of carbonyl (C=O) groups is 1. The molecule has 20 heavy (non-hydrogen) atoms. The van der Waals surface area contributed by atoms with Gasteiger partial charge in [-0.05, 0) is 13.0 Å². The van der Waals surface area contributed by atoms with Crippen LogP contribution in [0.4, 0.5) is 0 Å². The molecule has 0 aromatic carbocycles. The number of primary amides is 1. The van der Waals surface area contributed by atoms with E-state index in [-0.39, 0.29) is 29.0 Å². The summed E-state index contributed by atoms with van der Waals surface area (Å²) in [5, 5.41) is 3.18. The van der Waals surface area contributed by atoms with Gasteiger partial charge in [0.1, 0.15) is 10.6 Å². The minimum atomic E-state index is -3.57. The van der Waals surface area contributed by atoms with Crippen molar-refractivity contribution in [2.75, 3.05) is 19.6 Å². The average molecular weight is 323 g/mol. The fourth-order valence-electron chi connectivity index (χ4n) is 2.18. The molecule has 1 atom stereocenters. The highest BCUT2D eigenvalue weighted by atomic mass is 35.5. The first-order valence-electron chi connectivity index (χ1n) is 6.02. The highest BCUT2D eigenvalue weighted by Gasteiger charge is 2.30. The van der Waals surface area contributed by atoms with Crippen LogP contribution < -0.4 is 11.1 Å². The van der Waals surface area contributed by atoms with Crippen molar-refractivity contribution in [1.82, 2.24) is 14.2 Å². The van der Waals surface area contributed by atoms with Crippen molar-refractivity contribution >= 4 is 28.3 Å². The number of piperazine rings is 1. The van der Waals surface area contributed by atoms with E-state index < -0.39 is 15.9 Å². The fraction of sp³-hybridized carbons (Fsp3) is 0.545. The maximum absolute atomic E-state index is 12.5. The predicted molar refractivity (Wildman–Crippen MR) is 77.4 cm³/mol. The molecule has 1 aliphatic heterocycles. The first-order chi connectivity index (χ1) is 8.82. The van der Waals surface area contributed by atoms with E-state index in [1.807, 2.05) is 6.92 Å². The SMILES string of the molecule is C[C@@H]1CN(S(=O)(=O)c2cc(C(N)=O)n(C)c2)CCN1.Cl. The molecule has 1 aliphatic rings. The van der Waals surface area contributed by atoms with Crippen LogP contribution in [-0.2, 0) is 17.1 Å². The van der Waals surface area contributed by atoms with Gasteiger partial charge in [-0.25, -0.2) is 8.42 Å². The van der Waals surface area contributed by atoms with Gasteiger partial charge in [-0.2, -0.15) is 4.31 Å². The molecule has 0 spiro atoms. The number of rotatable bonds is 3. The Morgan fingerprint density at radius 3 is 2.65 bits per heavy atom. The third-order valence-corrected chi connectivity index (χ3v) is 5.03. The summed E-state index contributed by atoms with van der Waals surface area (Å²) in [7, 11) is -1.97. The zero-order chi connectivity index (χ0) is 14.2. The van der Waals surface area contributed by atoms with E-state index in [9.17, 15) is 13.2 Å². The summed E-state index contributed by atoms with van der Waals surface area (Å²) < 4.78 is 27.8. The lowest BCUT2D eigenvalue weighted by Crippen LogP contribution is -2.51. The van der Waals surface area contributed by atoms with Gasteiger partial charge in [-0.1, -0.05) is 0 Å². The first-order valence-corrected chi connectivity index (χ1v) is 7.46. The first kappa shape index (κ1) is 17.0. The molecule has 1 fully saturated rings. The molecule has 1 aromatic heterocycles. The summed E-state index contributed by atoms with van der Waals surface area (Å²) in [5.41, 5.74) is 5.38. The Morgan fingerprint density at radius 1 is 1.50 bits per heavy atom. The molecule has 0 aliphatic carbocycles. The molecular formula is C11H19ClN4O3S. The van der Waals surface area contributed by atoms with E-state index in [4.69, 9.17) is 5.73 Å². The quantitative estimate of drug-likeness (QED) is 0.786. The molecule has 0 radical (unpaired) electrons. The Balaban J connectivity index is 0.00000200. The Morgan fingerprint density at radius 2 is 2.15 bits per heavy atom. The molecule has 0 unspecified atom stereocenters. The smallest absolute Gasteiger partial charge is 0.265 e. The predicted octanol–water partition coefficient (Wildman–Crippen LogP) is -0.472. The minimum absolute atomic E-state index is 0. The van der Waals surface area contributed by atoms with Crippen molar-refractivity contribution in [2.45, 2.75) is 17.9 Å². The van der Waals surface area contributed by atoms with Crippen LogP contribution in [0, 0.1) is 0 Å². The van der Waals surface area contributed by atoms with E-state index in [0.29, 0.717) is 19.6 Å². The van der Waals surface area contributed by atoms with Crippen LogP contribution in [-0.4, -0.2) is 48.9 Å².